The van der Waals surface area contributed by atoms with Crippen LogP contribution >= 0.6 is 0 Å². The average Bonchev–Trinajstić information content (AvgIpc) is 2.10. The first kappa shape index (κ1) is 6.99. The van der Waals surface area contributed by atoms with Gasteiger partial charge in [-0.3, -0.25) is 0 Å². The van der Waals surface area contributed by atoms with Crippen LogP contribution < -0.4 is 0 Å². The second kappa shape index (κ2) is 2.64. The molecule has 3 atom stereocenters. The molecule has 3 heteroatoms. The van der Waals surface area contributed by atoms with E-state index in [1.807, 2.05) is 0 Å². The normalized spacial score (nSPS) is 43.7. The molecular weight excluding hydrogens is 120 g/mol. The summed E-state index contributed by atoms with van der Waals surface area (Å²) in [5, 5.41) is 26.6. The maximum Gasteiger partial charge on any atom is 0.0615 e. The van der Waals surface area contributed by atoms with Gasteiger partial charge in [-0.2, -0.15) is 0 Å². The van der Waals surface area contributed by atoms with Crippen molar-refractivity contribution in [1.29, 1.82) is 0 Å². The Balaban J connectivity index is 2.38. The number of aliphatic hydroxyl groups is 3. The van der Waals surface area contributed by atoms with Gasteiger partial charge in [0, 0.05) is 12.5 Å². The third-order valence-electron chi connectivity index (χ3n) is 1.87. The van der Waals surface area contributed by atoms with Crippen LogP contribution in [-0.2, 0) is 0 Å². The van der Waals surface area contributed by atoms with E-state index in [1.165, 1.54) is 0 Å². The lowest BCUT2D eigenvalue weighted by molar-refractivity contribution is 0.0893. The number of aliphatic hydroxyl groups excluding tert-OH is 3. The van der Waals surface area contributed by atoms with Crippen LogP contribution in [0.3, 0.4) is 0 Å². The summed E-state index contributed by atoms with van der Waals surface area (Å²) < 4.78 is 0. The van der Waals surface area contributed by atoms with Crippen LogP contribution in [0.15, 0.2) is 0 Å². The molecule has 1 aliphatic carbocycles. The van der Waals surface area contributed by atoms with Gasteiger partial charge in [-0.25, -0.2) is 0 Å². The van der Waals surface area contributed by atoms with E-state index in [0.29, 0.717) is 12.8 Å². The summed E-state index contributed by atoms with van der Waals surface area (Å²) in [5.74, 6) is -0.0972. The molecule has 1 fully saturated rings. The van der Waals surface area contributed by atoms with E-state index < -0.39 is 12.2 Å². The predicted molar refractivity (Wildman–Crippen MR) is 31.8 cm³/mol. The first-order valence-corrected chi connectivity index (χ1v) is 3.21. The molecule has 54 valence electrons. The van der Waals surface area contributed by atoms with Crippen LogP contribution in [0, 0.1) is 5.92 Å². The molecule has 3 nitrogen and oxygen atoms in total. The van der Waals surface area contributed by atoms with Gasteiger partial charge in [-0.1, -0.05) is 0 Å². The highest BCUT2D eigenvalue weighted by atomic mass is 16.3. The zero-order valence-corrected chi connectivity index (χ0v) is 5.20. The highest BCUT2D eigenvalue weighted by molar-refractivity contribution is 4.81. The summed E-state index contributed by atoms with van der Waals surface area (Å²) in [6, 6.07) is 0. The third kappa shape index (κ3) is 1.41. The Hall–Kier alpha value is -0.120. The molecule has 1 rings (SSSR count). The van der Waals surface area contributed by atoms with Crippen molar-refractivity contribution < 1.29 is 15.3 Å². The average molecular weight is 132 g/mol. The SMILES string of the molecule is OC[C@H]1C[C@H](O)C[C@@H]1O. The van der Waals surface area contributed by atoms with E-state index in [9.17, 15) is 0 Å². The van der Waals surface area contributed by atoms with E-state index >= 15 is 0 Å². The van der Waals surface area contributed by atoms with Gasteiger partial charge in [0.25, 0.3) is 0 Å². The predicted octanol–water partition coefficient (Wildman–Crippen LogP) is -0.890. The Morgan fingerprint density at radius 1 is 1.22 bits per heavy atom. The van der Waals surface area contributed by atoms with Gasteiger partial charge < -0.3 is 15.3 Å². The van der Waals surface area contributed by atoms with Crippen LogP contribution in [0.2, 0.25) is 0 Å². The van der Waals surface area contributed by atoms with E-state index in [0.717, 1.165) is 0 Å². The molecule has 0 amide bonds. The fourth-order valence-corrected chi connectivity index (χ4v) is 1.27. The number of hydrogen-bond acceptors (Lipinski definition) is 3. The summed E-state index contributed by atoms with van der Waals surface area (Å²) >= 11 is 0. The van der Waals surface area contributed by atoms with Crippen LogP contribution in [0.5, 0.6) is 0 Å². The molecule has 0 heterocycles. The molecule has 0 aromatic carbocycles. The van der Waals surface area contributed by atoms with Gasteiger partial charge in [-0.15, -0.1) is 0 Å². The maximum absolute atomic E-state index is 9.04. The Morgan fingerprint density at radius 2 is 1.89 bits per heavy atom. The molecule has 1 aliphatic rings. The maximum atomic E-state index is 9.04. The highest BCUT2D eigenvalue weighted by Crippen LogP contribution is 2.24. The van der Waals surface area contributed by atoms with Gasteiger partial charge in [-0.05, 0) is 12.8 Å². The zero-order chi connectivity index (χ0) is 6.85. The standard InChI is InChI=1S/C6H12O3/c7-3-4-1-5(8)2-6(4)9/h4-9H,1-3H2/t4-,5+,6+/m1/s1. The minimum Gasteiger partial charge on any atom is -0.396 e. The summed E-state index contributed by atoms with van der Waals surface area (Å²) in [5.41, 5.74) is 0. The minimum absolute atomic E-state index is 0.0156. The molecule has 3 N–H and O–H groups in total. The van der Waals surface area contributed by atoms with Crippen LogP contribution in [0.4, 0.5) is 0 Å². The third-order valence-corrected chi connectivity index (χ3v) is 1.87. The smallest absolute Gasteiger partial charge is 0.0615 e. The minimum atomic E-state index is -0.495. The molecule has 9 heavy (non-hydrogen) atoms. The van der Waals surface area contributed by atoms with Gasteiger partial charge in [0.2, 0.25) is 0 Å². The summed E-state index contributed by atoms with van der Waals surface area (Å²) in [7, 11) is 0. The Morgan fingerprint density at radius 3 is 2.11 bits per heavy atom. The summed E-state index contributed by atoms with van der Waals surface area (Å²) in [6.45, 7) is -0.0156. The molecule has 0 spiro atoms. The van der Waals surface area contributed by atoms with Crippen LogP contribution in [0.1, 0.15) is 12.8 Å². The quantitative estimate of drug-likeness (QED) is 0.434. The van der Waals surface area contributed by atoms with Gasteiger partial charge in [0.05, 0.1) is 12.2 Å². The van der Waals surface area contributed by atoms with Crippen molar-refractivity contribution in [3.8, 4) is 0 Å². The van der Waals surface area contributed by atoms with Gasteiger partial charge in [0.1, 0.15) is 0 Å². The highest BCUT2D eigenvalue weighted by Gasteiger charge is 2.30. The van der Waals surface area contributed by atoms with Crippen LogP contribution in [-0.4, -0.2) is 34.1 Å². The second-order valence-corrected chi connectivity index (χ2v) is 2.64. The fraction of sp³-hybridized carbons (Fsp3) is 1.00. The first-order valence-electron chi connectivity index (χ1n) is 3.21. The molecular formula is C6H12O3. The molecule has 0 aliphatic heterocycles. The van der Waals surface area contributed by atoms with Crippen molar-refractivity contribution in [2.45, 2.75) is 25.0 Å². The zero-order valence-electron chi connectivity index (χ0n) is 5.20. The Labute approximate surface area is 53.9 Å². The van der Waals surface area contributed by atoms with Crippen molar-refractivity contribution in [3.05, 3.63) is 0 Å². The van der Waals surface area contributed by atoms with Crippen LogP contribution in [0.25, 0.3) is 0 Å². The summed E-state index contributed by atoms with van der Waals surface area (Å²) in [4.78, 5) is 0. The second-order valence-electron chi connectivity index (χ2n) is 2.64. The molecule has 0 aromatic rings. The largest absolute Gasteiger partial charge is 0.396 e. The number of rotatable bonds is 1. The fourth-order valence-electron chi connectivity index (χ4n) is 1.27. The van der Waals surface area contributed by atoms with Crippen molar-refractivity contribution >= 4 is 0 Å². The van der Waals surface area contributed by atoms with Crippen molar-refractivity contribution in [1.82, 2.24) is 0 Å². The monoisotopic (exact) mass is 132 g/mol. The lowest BCUT2D eigenvalue weighted by atomic mass is 10.1. The van der Waals surface area contributed by atoms with Crippen molar-refractivity contribution in [3.63, 3.8) is 0 Å². The van der Waals surface area contributed by atoms with Gasteiger partial charge in [0.15, 0.2) is 0 Å². The number of hydrogen-bond donors (Lipinski definition) is 3. The van der Waals surface area contributed by atoms with E-state index in [1.54, 1.807) is 0 Å². The Kier molecular flexibility index (Phi) is 2.05. The molecule has 0 saturated heterocycles. The summed E-state index contributed by atoms with van der Waals surface area (Å²) in [6.07, 6.45) is 0.0604. The lowest BCUT2D eigenvalue weighted by Gasteiger charge is -2.07. The van der Waals surface area contributed by atoms with Crippen molar-refractivity contribution in [2.75, 3.05) is 6.61 Å². The topological polar surface area (TPSA) is 60.7 Å². The molecule has 0 radical (unpaired) electrons. The van der Waals surface area contributed by atoms with E-state index in [4.69, 9.17) is 15.3 Å². The molecule has 0 aromatic heterocycles. The molecule has 1 saturated carbocycles. The first-order chi connectivity index (χ1) is 4.24. The van der Waals surface area contributed by atoms with E-state index in [-0.39, 0.29) is 12.5 Å². The van der Waals surface area contributed by atoms with Gasteiger partial charge >= 0.3 is 0 Å². The van der Waals surface area contributed by atoms with Crippen molar-refractivity contribution in [2.24, 2.45) is 5.92 Å². The Bertz CT molecular complexity index is 94.3. The lowest BCUT2D eigenvalue weighted by Crippen LogP contribution is -2.16. The van der Waals surface area contributed by atoms with E-state index in [2.05, 4.69) is 0 Å². The molecule has 0 unspecified atom stereocenters. The molecule has 0 bridgehead atoms.